The highest BCUT2D eigenvalue weighted by atomic mass is 15.2. The zero-order chi connectivity index (χ0) is 12.8. The molecule has 2 aliphatic carbocycles. The number of rotatable bonds is 2. The number of hydrogen-bond donors (Lipinski definition) is 1. The van der Waals surface area contributed by atoms with E-state index in [9.17, 15) is 0 Å². The first-order valence-electron chi connectivity index (χ1n) is 7.83. The first-order valence-corrected chi connectivity index (χ1v) is 7.83. The minimum atomic E-state index is 0.628. The molecule has 4 rings (SSSR count). The lowest BCUT2D eigenvalue weighted by atomic mass is 9.94. The molecule has 0 aromatic carbocycles. The van der Waals surface area contributed by atoms with Crippen LogP contribution in [0.3, 0.4) is 0 Å². The number of hydrogen-bond acceptors (Lipinski definition) is 3. The van der Waals surface area contributed by atoms with Gasteiger partial charge in [0.25, 0.3) is 0 Å². The van der Waals surface area contributed by atoms with E-state index in [0.717, 1.165) is 18.4 Å². The molecule has 3 heteroatoms. The third-order valence-corrected chi connectivity index (χ3v) is 5.26. The Morgan fingerprint density at radius 3 is 2.89 bits per heavy atom. The summed E-state index contributed by atoms with van der Waals surface area (Å²) in [6.45, 7) is 1.84. The van der Waals surface area contributed by atoms with E-state index in [1.165, 1.54) is 67.7 Å². The highest BCUT2D eigenvalue weighted by molar-refractivity contribution is 5.52. The Labute approximate surface area is 115 Å². The van der Waals surface area contributed by atoms with Crippen LogP contribution in [0.4, 0.5) is 5.82 Å². The number of anilines is 1. The second-order valence-corrected chi connectivity index (χ2v) is 6.47. The van der Waals surface area contributed by atoms with Crippen molar-refractivity contribution in [2.45, 2.75) is 57.5 Å². The number of aromatic nitrogens is 1. The minimum absolute atomic E-state index is 0.628. The summed E-state index contributed by atoms with van der Waals surface area (Å²) >= 11 is 0. The SMILES string of the molecule is NCc1cc2c(nc1N1CC3CCC1C3)CCCC2. The molecule has 1 aromatic rings. The maximum Gasteiger partial charge on any atom is 0.133 e. The van der Waals surface area contributed by atoms with E-state index in [0.29, 0.717) is 6.54 Å². The average molecular weight is 257 g/mol. The van der Waals surface area contributed by atoms with E-state index in [1.807, 2.05) is 0 Å². The van der Waals surface area contributed by atoms with E-state index in [4.69, 9.17) is 10.7 Å². The predicted octanol–water partition coefficient (Wildman–Crippen LogP) is 2.41. The molecule has 102 valence electrons. The van der Waals surface area contributed by atoms with Crippen LogP contribution in [-0.4, -0.2) is 17.6 Å². The Morgan fingerprint density at radius 2 is 2.16 bits per heavy atom. The van der Waals surface area contributed by atoms with E-state index >= 15 is 0 Å². The Hall–Kier alpha value is -1.09. The lowest BCUT2D eigenvalue weighted by Gasteiger charge is -2.31. The van der Waals surface area contributed by atoms with Gasteiger partial charge in [0, 0.05) is 30.4 Å². The van der Waals surface area contributed by atoms with Gasteiger partial charge in [0.05, 0.1) is 0 Å². The van der Waals surface area contributed by atoms with Crippen molar-refractivity contribution in [3.63, 3.8) is 0 Å². The van der Waals surface area contributed by atoms with E-state index < -0.39 is 0 Å². The van der Waals surface area contributed by atoms with Crippen LogP contribution in [0.5, 0.6) is 0 Å². The van der Waals surface area contributed by atoms with Crippen LogP contribution in [-0.2, 0) is 19.4 Å². The first kappa shape index (κ1) is 11.7. The van der Waals surface area contributed by atoms with Crippen LogP contribution in [0.15, 0.2) is 6.07 Å². The molecule has 1 aliphatic heterocycles. The van der Waals surface area contributed by atoms with Crippen molar-refractivity contribution in [3.05, 3.63) is 22.9 Å². The van der Waals surface area contributed by atoms with Crippen molar-refractivity contribution in [2.75, 3.05) is 11.4 Å². The van der Waals surface area contributed by atoms with Gasteiger partial charge in [-0.15, -0.1) is 0 Å². The number of nitrogens with two attached hydrogens (primary N) is 1. The molecule has 0 radical (unpaired) electrons. The standard InChI is InChI=1S/C16H23N3/c17-9-13-8-12-3-1-2-4-15(12)18-16(13)19-10-11-5-6-14(19)7-11/h8,11,14H,1-7,9-10,17H2. The van der Waals surface area contributed by atoms with Gasteiger partial charge in [-0.1, -0.05) is 0 Å². The predicted molar refractivity (Wildman–Crippen MR) is 77.2 cm³/mol. The van der Waals surface area contributed by atoms with Gasteiger partial charge in [-0.25, -0.2) is 4.98 Å². The highest BCUT2D eigenvalue weighted by Gasteiger charge is 2.39. The highest BCUT2D eigenvalue weighted by Crippen LogP contribution is 2.41. The zero-order valence-electron chi connectivity index (χ0n) is 11.6. The van der Waals surface area contributed by atoms with Crippen molar-refractivity contribution in [3.8, 4) is 0 Å². The fourth-order valence-corrected chi connectivity index (χ4v) is 4.25. The summed E-state index contributed by atoms with van der Waals surface area (Å²) in [6.07, 6.45) is 9.12. The third kappa shape index (κ3) is 1.86. The molecule has 1 saturated carbocycles. The molecule has 2 heterocycles. The maximum atomic E-state index is 5.98. The molecule has 2 fully saturated rings. The Morgan fingerprint density at radius 1 is 1.26 bits per heavy atom. The quantitative estimate of drug-likeness (QED) is 0.884. The van der Waals surface area contributed by atoms with Gasteiger partial charge >= 0.3 is 0 Å². The van der Waals surface area contributed by atoms with E-state index in [-0.39, 0.29) is 0 Å². The monoisotopic (exact) mass is 257 g/mol. The van der Waals surface area contributed by atoms with Crippen molar-refractivity contribution in [1.29, 1.82) is 0 Å². The Balaban J connectivity index is 1.74. The van der Waals surface area contributed by atoms with Gasteiger partial charge in [0.15, 0.2) is 0 Å². The van der Waals surface area contributed by atoms with Crippen LogP contribution in [0.1, 0.15) is 48.9 Å². The normalized spacial score (nSPS) is 28.8. The average Bonchev–Trinajstić information content (AvgIpc) is 3.08. The molecule has 1 aromatic heterocycles. The number of aryl methyl sites for hydroxylation is 2. The van der Waals surface area contributed by atoms with Crippen LogP contribution >= 0.6 is 0 Å². The van der Waals surface area contributed by atoms with Crippen molar-refractivity contribution in [2.24, 2.45) is 11.7 Å². The maximum absolute atomic E-state index is 5.98. The molecule has 2 N–H and O–H groups in total. The van der Waals surface area contributed by atoms with Gasteiger partial charge < -0.3 is 10.6 Å². The molecule has 19 heavy (non-hydrogen) atoms. The molecule has 0 amide bonds. The zero-order valence-corrected chi connectivity index (χ0v) is 11.6. The van der Waals surface area contributed by atoms with Crippen LogP contribution in [0.2, 0.25) is 0 Å². The summed E-state index contributed by atoms with van der Waals surface area (Å²) in [5.41, 5.74) is 10.1. The first-order chi connectivity index (χ1) is 9.35. The second-order valence-electron chi connectivity index (χ2n) is 6.47. The number of fused-ring (bicyclic) bond motifs is 3. The number of piperidine rings is 1. The van der Waals surface area contributed by atoms with E-state index in [1.54, 1.807) is 0 Å². The summed E-state index contributed by atoms with van der Waals surface area (Å²) in [5, 5.41) is 0. The molecular formula is C16H23N3. The fourth-order valence-electron chi connectivity index (χ4n) is 4.25. The minimum Gasteiger partial charge on any atom is -0.353 e. The van der Waals surface area contributed by atoms with Gasteiger partial charge in [0.2, 0.25) is 0 Å². The lowest BCUT2D eigenvalue weighted by molar-refractivity contribution is 0.547. The van der Waals surface area contributed by atoms with Crippen LogP contribution < -0.4 is 10.6 Å². The van der Waals surface area contributed by atoms with Gasteiger partial charge in [0.1, 0.15) is 5.82 Å². The van der Waals surface area contributed by atoms with Gasteiger partial charge in [-0.2, -0.15) is 0 Å². The fraction of sp³-hybridized carbons (Fsp3) is 0.688. The summed E-state index contributed by atoms with van der Waals surface area (Å²) in [6, 6.07) is 3.09. The third-order valence-electron chi connectivity index (χ3n) is 5.26. The van der Waals surface area contributed by atoms with Crippen LogP contribution in [0, 0.1) is 5.92 Å². The van der Waals surface area contributed by atoms with Crippen LogP contribution in [0.25, 0.3) is 0 Å². The molecule has 1 saturated heterocycles. The summed E-state index contributed by atoms with van der Waals surface area (Å²) < 4.78 is 0. The van der Waals surface area contributed by atoms with Crippen molar-refractivity contribution in [1.82, 2.24) is 4.98 Å². The molecule has 3 aliphatic rings. The molecule has 2 bridgehead atoms. The molecule has 0 spiro atoms. The topological polar surface area (TPSA) is 42.1 Å². The summed E-state index contributed by atoms with van der Waals surface area (Å²) in [4.78, 5) is 7.59. The lowest BCUT2D eigenvalue weighted by Crippen LogP contribution is -2.34. The van der Waals surface area contributed by atoms with Gasteiger partial charge in [-0.3, -0.25) is 0 Å². The Bertz CT molecular complexity index is 497. The Kier molecular flexibility index (Phi) is 2.76. The van der Waals surface area contributed by atoms with Gasteiger partial charge in [-0.05, 0) is 62.5 Å². The van der Waals surface area contributed by atoms with Crippen molar-refractivity contribution < 1.29 is 0 Å². The number of pyridine rings is 1. The molecule has 2 atom stereocenters. The number of nitrogens with zero attached hydrogens (tertiary/aromatic N) is 2. The molecule has 2 unspecified atom stereocenters. The summed E-state index contributed by atoms with van der Waals surface area (Å²) in [7, 11) is 0. The van der Waals surface area contributed by atoms with Crippen molar-refractivity contribution >= 4 is 5.82 Å². The second kappa shape index (κ2) is 4.48. The largest absolute Gasteiger partial charge is 0.353 e. The van der Waals surface area contributed by atoms with E-state index in [2.05, 4.69) is 11.0 Å². The summed E-state index contributed by atoms with van der Waals surface area (Å²) in [5.74, 6) is 2.13. The molecule has 3 nitrogen and oxygen atoms in total. The smallest absolute Gasteiger partial charge is 0.133 e. The molecular weight excluding hydrogens is 234 g/mol.